The topological polar surface area (TPSA) is 41.5 Å². The highest BCUT2D eigenvalue weighted by Crippen LogP contribution is 2.17. The van der Waals surface area contributed by atoms with E-state index in [2.05, 4.69) is 5.32 Å². The first-order valence-corrected chi connectivity index (χ1v) is 5.38. The minimum atomic E-state index is -0.362. The third kappa shape index (κ3) is 3.47. The molecule has 0 aliphatic carbocycles. The molecule has 0 saturated carbocycles. The van der Waals surface area contributed by atoms with E-state index < -0.39 is 0 Å². The second-order valence-electron chi connectivity index (χ2n) is 3.64. The van der Waals surface area contributed by atoms with Gasteiger partial charge in [0.05, 0.1) is 13.7 Å². The third-order valence-electron chi connectivity index (χ3n) is 2.52. The molecule has 0 saturated heterocycles. The first kappa shape index (κ1) is 12.9. The monoisotopic (exact) mass is 227 g/mol. The lowest BCUT2D eigenvalue weighted by Crippen LogP contribution is -2.31. The summed E-state index contributed by atoms with van der Waals surface area (Å²) in [6, 6.07) is 4.91. The van der Waals surface area contributed by atoms with Crippen LogP contribution in [0.1, 0.15) is 18.9 Å². The van der Waals surface area contributed by atoms with E-state index >= 15 is 0 Å². The summed E-state index contributed by atoms with van der Waals surface area (Å²) in [5.41, 5.74) is 0.838. The Hall–Kier alpha value is -1.13. The Bertz CT molecular complexity index is 327. The van der Waals surface area contributed by atoms with Crippen molar-refractivity contribution >= 4 is 0 Å². The van der Waals surface area contributed by atoms with Crippen LogP contribution in [-0.4, -0.2) is 24.9 Å². The molecule has 0 aliphatic rings. The molecule has 0 unspecified atom stereocenters. The molecule has 1 aromatic carbocycles. The molecule has 0 fully saturated rings. The smallest absolute Gasteiger partial charge is 0.165 e. The van der Waals surface area contributed by atoms with Crippen molar-refractivity contribution in [3.8, 4) is 5.75 Å². The molecule has 0 heterocycles. The fourth-order valence-corrected chi connectivity index (χ4v) is 1.42. The SMILES string of the molecule is CC[C@H](CO)NCc1ccc(OC)c(F)c1. The number of ether oxygens (including phenoxy) is 1. The molecule has 0 aliphatic heterocycles. The summed E-state index contributed by atoms with van der Waals surface area (Å²) in [4.78, 5) is 0. The Labute approximate surface area is 95.2 Å². The lowest BCUT2D eigenvalue weighted by atomic mass is 10.2. The van der Waals surface area contributed by atoms with Crippen molar-refractivity contribution in [1.82, 2.24) is 5.32 Å². The third-order valence-corrected chi connectivity index (χ3v) is 2.52. The van der Waals surface area contributed by atoms with Crippen molar-refractivity contribution < 1.29 is 14.2 Å². The van der Waals surface area contributed by atoms with Gasteiger partial charge < -0.3 is 15.2 Å². The molecule has 1 aromatic rings. The van der Waals surface area contributed by atoms with Crippen molar-refractivity contribution in [2.75, 3.05) is 13.7 Å². The van der Waals surface area contributed by atoms with Gasteiger partial charge in [-0.1, -0.05) is 13.0 Å². The van der Waals surface area contributed by atoms with E-state index in [-0.39, 0.29) is 24.2 Å². The van der Waals surface area contributed by atoms with Gasteiger partial charge in [0.15, 0.2) is 11.6 Å². The van der Waals surface area contributed by atoms with Crippen molar-refractivity contribution in [3.63, 3.8) is 0 Å². The van der Waals surface area contributed by atoms with Gasteiger partial charge in [0.1, 0.15) is 0 Å². The van der Waals surface area contributed by atoms with Gasteiger partial charge in [0.25, 0.3) is 0 Å². The number of rotatable bonds is 6. The number of hydrogen-bond acceptors (Lipinski definition) is 3. The molecule has 90 valence electrons. The maximum Gasteiger partial charge on any atom is 0.165 e. The van der Waals surface area contributed by atoms with Gasteiger partial charge in [-0.15, -0.1) is 0 Å². The van der Waals surface area contributed by atoms with Crippen molar-refractivity contribution in [2.24, 2.45) is 0 Å². The summed E-state index contributed by atoms with van der Waals surface area (Å²) in [6.07, 6.45) is 0.842. The van der Waals surface area contributed by atoms with E-state index in [4.69, 9.17) is 9.84 Å². The predicted molar refractivity (Wildman–Crippen MR) is 61.0 cm³/mol. The molecule has 0 radical (unpaired) electrons. The highest BCUT2D eigenvalue weighted by atomic mass is 19.1. The van der Waals surface area contributed by atoms with Crippen LogP contribution in [0.2, 0.25) is 0 Å². The first-order chi connectivity index (χ1) is 7.71. The van der Waals surface area contributed by atoms with Crippen LogP contribution in [0.3, 0.4) is 0 Å². The van der Waals surface area contributed by atoms with Gasteiger partial charge in [-0.2, -0.15) is 0 Å². The van der Waals surface area contributed by atoms with Gasteiger partial charge in [0, 0.05) is 12.6 Å². The van der Waals surface area contributed by atoms with Crippen LogP contribution in [0.25, 0.3) is 0 Å². The van der Waals surface area contributed by atoms with Crippen LogP contribution < -0.4 is 10.1 Å². The predicted octanol–water partition coefficient (Wildman–Crippen LogP) is 1.69. The molecule has 0 aromatic heterocycles. The van der Waals surface area contributed by atoms with Gasteiger partial charge in [-0.3, -0.25) is 0 Å². The number of hydrogen-bond donors (Lipinski definition) is 2. The minimum absolute atomic E-state index is 0.0603. The molecular weight excluding hydrogens is 209 g/mol. The van der Waals surface area contributed by atoms with Crippen molar-refractivity contribution in [3.05, 3.63) is 29.6 Å². The number of benzene rings is 1. The van der Waals surface area contributed by atoms with E-state index in [9.17, 15) is 4.39 Å². The zero-order valence-electron chi connectivity index (χ0n) is 9.66. The van der Waals surface area contributed by atoms with E-state index in [0.717, 1.165) is 12.0 Å². The van der Waals surface area contributed by atoms with E-state index in [1.54, 1.807) is 12.1 Å². The van der Waals surface area contributed by atoms with Crippen LogP contribution >= 0.6 is 0 Å². The van der Waals surface area contributed by atoms with Crippen molar-refractivity contribution in [1.29, 1.82) is 0 Å². The van der Waals surface area contributed by atoms with E-state index in [1.165, 1.54) is 13.2 Å². The Kier molecular flexibility index (Phi) is 5.22. The molecule has 4 heteroatoms. The quantitative estimate of drug-likeness (QED) is 0.777. The normalized spacial score (nSPS) is 12.5. The summed E-state index contributed by atoms with van der Waals surface area (Å²) in [5.74, 6) is -0.114. The van der Waals surface area contributed by atoms with Crippen LogP contribution in [0.15, 0.2) is 18.2 Å². The molecule has 1 atom stereocenters. The summed E-state index contributed by atoms with van der Waals surface area (Å²) < 4.78 is 18.2. The maximum atomic E-state index is 13.3. The zero-order valence-corrected chi connectivity index (χ0v) is 9.66. The van der Waals surface area contributed by atoms with Crippen LogP contribution in [0.5, 0.6) is 5.75 Å². The largest absolute Gasteiger partial charge is 0.494 e. The highest BCUT2D eigenvalue weighted by Gasteiger charge is 2.06. The number of nitrogens with one attached hydrogen (secondary N) is 1. The second-order valence-corrected chi connectivity index (χ2v) is 3.64. The summed E-state index contributed by atoms with van der Waals surface area (Å²) in [5, 5.41) is 12.1. The molecule has 2 N–H and O–H groups in total. The van der Waals surface area contributed by atoms with Gasteiger partial charge in [-0.05, 0) is 24.1 Å². The lowest BCUT2D eigenvalue weighted by molar-refractivity contribution is 0.238. The second kappa shape index (κ2) is 6.45. The minimum Gasteiger partial charge on any atom is -0.494 e. The first-order valence-electron chi connectivity index (χ1n) is 5.38. The van der Waals surface area contributed by atoms with Gasteiger partial charge in [0.2, 0.25) is 0 Å². The summed E-state index contributed by atoms with van der Waals surface area (Å²) >= 11 is 0. The van der Waals surface area contributed by atoms with Crippen LogP contribution in [0.4, 0.5) is 4.39 Å². The van der Waals surface area contributed by atoms with Crippen molar-refractivity contribution in [2.45, 2.75) is 25.9 Å². The number of halogens is 1. The number of aliphatic hydroxyl groups is 1. The molecule has 16 heavy (non-hydrogen) atoms. The average Bonchev–Trinajstić information content (AvgIpc) is 2.30. The maximum absolute atomic E-state index is 13.3. The van der Waals surface area contributed by atoms with Gasteiger partial charge in [-0.25, -0.2) is 4.39 Å². The number of aliphatic hydroxyl groups excluding tert-OH is 1. The van der Waals surface area contributed by atoms with Crippen LogP contribution in [0, 0.1) is 5.82 Å². The molecule has 0 amide bonds. The zero-order chi connectivity index (χ0) is 12.0. The summed E-state index contributed by atoms with van der Waals surface area (Å²) in [7, 11) is 1.44. The standard InChI is InChI=1S/C12H18FNO2/c1-3-10(8-15)14-7-9-4-5-12(16-2)11(13)6-9/h4-6,10,14-15H,3,7-8H2,1-2H3/t10-/m1/s1. The Morgan fingerprint density at radius 2 is 2.25 bits per heavy atom. The van der Waals surface area contributed by atoms with E-state index in [1.807, 2.05) is 6.92 Å². The fraction of sp³-hybridized carbons (Fsp3) is 0.500. The Morgan fingerprint density at radius 1 is 1.50 bits per heavy atom. The molecule has 1 rings (SSSR count). The van der Waals surface area contributed by atoms with Crippen LogP contribution in [-0.2, 0) is 6.54 Å². The Morgan fingerprint density at radius 3 is 2.75 bits per heavy atom. The van der Waals surface area contributed by atoms with Gasteiger partial charge >= 0.3 is 0 Å². The summed E-state index contributed by atoms with van der Waals surface area (Å²) in [6.45, 7) is 2.62. The number of methoxy groups -OCH3 is 1. The lowest BCUT2D eigenvalue weighted by Gasteiger charge is -2.14. The molecule has 0 spiro atoms. The van der Waals surface area contributed by atoms with E-state index in [0.29, 0.717) is 6.54 Å². The fourth-order valence-electron chi connectivity index (χ4n) is 1.42. The average molecular weight is 227 g/mol. The highest BCUT2D eigenvalue weighted by molar-refractivity contribution is 5.29. The molecule has 3 nitrogen and oxygen atoms in total. The Balaban J connectivity index is 2.58. The molecular formula is C12H18FNO2. The molecule has 0 bridgehead atoms.